The number of hydrogen-bond donors (Lipinski definition) is 0. The number of rotatable bonds is 5. The number of allylic oxidation sites excluding steroid dienone is 4. The summed E-state index contributed by atoms with van der Waals surface area (Å²) in [6.45, 7) is 0. The average Bonchev–Trinajstić information content (AvgIpc) is 3.78. The molecule has 1 heterocycles. The molecule has 1 aliphatic rings. The number of fused-ring (bicyclic) bond motifs is 5. The second-order valence-electron chi connectivity index (χ2n) is 16.6. The zero-order valence-corrected chi connectivity index (χ0v) is 33.6. The van der Waals surface area contributed by atoms with Crippen LogP contribution in [0.25, 0.3) is 120 Å². The summed E-state index contributed by atoms with van der Waals surface area (Å²) in [5, 5.41) is 18.0. The lowest BCUT2D eigenvalue weighted by Gasteiger charge is -2.22. The summed E-state index contributed by atoms with van der Waals surface area (Å²) in [4.78, 5) is 0. The molecule has 11 aromatic carbocycles. The van der Waals surface area contributed by atoms with E-state index in [0.29, 0.717) is 0 Å². The molecule has 61 heavy (non-hydrogen) atoms. The number of nitrogens with zero attached hydrogens (tertiary/aromatic N) is 1. The fourth-order valence-corrected chi connectivity index (χ4v) is 10.8. The van der Waals surface area contributed by atoms with Gasteiger partial charge in [0.1, 0.15) is 0 Å². The van der Waals surface area contributed by atoms with Crippen molar-refractivity contribution < 1.29 is 0 Å². The minimum atomic E-state index is 1.05. The average molecular weight is 774 g/mol. The second kappa shape index (κ2) is 13.4. The standard InChI is InChI=1S/C60H39N/c1-3-16-39(17-4-1)55-35-36-56(40-18-5-2-6-19-40)61(55)42-31-32-53-54(37-42)60(48-25-10-9-24-47(48)58(53)44-26-11-20-38-15-7-8-23-43(38)44)52-34-33-51-46-28-13-22-41-21-12-27-45(57(41)46)49-29-14-30-50(52)59(49)51/h1,3-5,7-37H,2,6H2. The highest BCUT2D eigenvalue weighted by Crippen LogP contribution is 2.50. The molecule has 0 bridgehead atoms. The van der Waals surface area contributed by atoms with Gasteiger partial charge in [0.15, 0.2) is 0 Å². The van der Waals surface area contributed by atoms with Crippen molar-refractivity contribution in [1.82, 2.24) is 4.57 Å². The van der Waals surface area contributed by atoms with Crippen LogP contribution in [0.4, 0.5) is 0 Å². The van der Waals surface area contributed by atoms with Crippen molar-refractivity contribution in [3.63, 3.8) is 0 Å². The monoisotopic (exact) mass is 773 g/mol. The molecule has 13 rings (SSSR count). The van der Waals surface area contributed by atoms with E-state index in [2.05, 4.69) is 217 Å². The lowest BCUT2D eigenvalue weighted by molar-refractivity contribution is 1.02. The maximum absolute atomic E-state index is 2.49. The molecule has 284 valence electrons. The summed E-state index contributed by atoms with van der Waals surface area (Å²) in [7, 11) is 0. The molecule has 12 aromatic rings. The van der Waals surface area contributed by atoms with Crippen LogP contribution in [0.15, 0.2) is 212 Å². The molecule has 0 spiro atoms. The molecule has 1 aliphatic carbocycles. The fraction of sp³-hybridized carbons (Fsp3) is 0.0333. The first kappa shape index (κ1) is 34.2. The van der Waals surface area contributed by atoms with Gasteiger partial charge in [0, 0.05) is 5.69 Å². The van der Waals surface area contributed by atoms with Crippen LogP contribution in [0.1, 0.15) is 18.5 Å². The summed E-state index contributed by atoms with van der Waals surface area (Å²) < 4.78 is 2.49. The minimum Gasteiger partial charge on any atom is -0.309 e. The molecular weight excluding hydrogens is 735 g/mol. The predicted molar refractivity (Wildman–Crippen MR) is 262 cm³/mol. The van der Waals surface area contributed by atoms with E-state index in [-0.39, 0.29) is 0 Å². The van der Waals surface area contributed by atoms with Gasteiger partial charge in [-0.25, -0.2) is 0 Å². The predicted octanol–water partition coefficient (Wildman–Crippen LogP) is 16.7. The van der Waals surface area contributed by atoms with E-state index in [0.717, 1.165) is 18.5 Å². The smallest absolute Gasteiger partial charge is 0.0535 e. The molecule has 0 radical (unpaired) electrons. The van der Waals surface area contributed by atoms with Crippen LogP contribution in [-0.4, -0.2) is 4.57 Å². The van der Waals surface area contributed by atoms with Gasteiger partial charge in [-0.05, 0) is 146 Å². The van der Waals surface area contributed by atoms with Crippen molar-refractivity contribution in [2.45, 2.75) is 12.8 Å². The maximum Gasteiger partial charge on any atom is 0.0535 e. The lowest BCUT2D eigenvalue weighted by atomic mass is 9.82. The van der Waals surface area contributed by atoms with E-state index in [1.54, 1.807) is 0 Å². The number of hydrogen-bond acceptors (Lipinski definition) is 0. The molecule has 0 saturated carbocycles. The molecule has 0 saturated heterocycles. The summed E-state index contributed by atoms with van der Waals surface area (Å²) in [6.07, 6.45) is 9.13. The van der Waals surface area contributed by atoms with Crippen molar-refractivity contribution in [3.8, 4) is 39.2 Å². The van der Waals surface area contributed by atoms with Crippen LogP contribution >= 0.6 is 0 Å². The first-order chi connectivity index (χ1) is 30.3. The Bertz CT molecular complexity index is 3750. The van der Waals surface area contributed by atoms with Crippen LogP contribution < -0.4 is 0 Å². The van der Waals surface area contributed by atoms with E-state index in [4.69, 9.17) is 0 Å². The van der Waals surface area contributed by atoms with Gasteiger partial charge in [-0.15, -0.1) is 0 Å². The van der Waals surface area contributed by atoms with E-state index >= 15 is 0 Å². The Morgan fingerprint density at radius 3 is 1.69 bits per heavy atom. The Morgan fingerprint density at radius 2 is 0.902 bits per heavy atom. The van der Waals surface area contributed by atoms with Crippen molar-refractivity contribution in [2.75, 3.05) is 0 Å². The SMILES string of the molecule is C1=CC(c2ccc(-c3ccccc3)n2-c2ccc3c(-c4cccc5ccccc45)c4ccccc4c(-c4ccc5c6cccc7cccc(c8cccc4c85)c76)c3c2)=CCC1. The molecule has 0 N–H and O–H groups in total. The zero-order valence-electron chi connectivity index (χ0n) is 33.6. The Balaban J connectivity index is 1.19. The Morgan fingerprint density at radius 1 is 0.344 bits per heavy atom. The third-order valence-corrected chi connectivity index (χ3v) is 13.4. The minimum absolute atomic E-state index is 1.05. The van der Waals surface area contributed by atoms with Crippen molar-refractivity contribution in [2.24, 2.45) is 0 Å². The van der Waals surface area contributed by atoms with Gasteiger partial charge >= 0.3 is 0 Å². The van der Waals surface area contributed by atoms with Gasteiger partial charge in [-0.1, -0.05) is 188 Å². The van der Waals surface area contributed by atoms with Crippen LogP contribution in [0.5, 0.6) is 0 Å². The summed E-state index contributed by atoms with van der Waals surface area (Å²) in [5.74, 6) is 0. The molecule has 0 amide bonds. The summed E-state index contributed by atoms with van der Waals surface area (Å²) in [6, 6.07) is 72.7. The summed E-state index contributed by atoms with van der Waals surface area (Å²) >= 11 is 0. The van der Waals surface area contributed by atoms with Gasteiger partial charge in [-0.3, -0.25) is 0 Å². The first-order valence-corrected chi connectivity index (χ1v) is 21.5. The largest absolute Gasteiger partial charge is 0.309 e. The topological polar surface area (TPSA) is 4.93 Å². The maximum atomic E-state index is 2.49. The Kier molecular flexibility index (Phi) is 7.50. The van der Waals surface area contributed by atoms with Gasteiger partial charge < -0.3 is 4.57 Å². The van der Waals surface area contributed by atoms with Crippen LogP contribution in [0.3, 0.4) is 0 Å². The molecule has 1 aromatic heterocycles. The van der Waals surface area contributed by atoms with E-state index < -0.39 is 0 Å². The second-order valence-corrected chi connectivity index (χ2v) is 16.6. The molecule has 1 nitrogen and oxygen atoms in total. The van der Waals surface area contributed by atoms with Gasteiger partial charge in [0.05, 0.1) is 11.4 Å². The third-order valence-electron chi connectivity index (χ3n) is 13.4. The van der Waals surface area contributed by atoms with E-state index in [1.807, 2.05) is 0 Å². The fourth-order valence-electron chi connectivity index (χ4n) is 10.8. The third kappa shape index (κ3) is 5.08. The van der Waals surface area contributed by atoms with Crippen LogP contribution in [0.2, 0.25) is 0 Å². The molecule has 0 atom stereocenters. The molecule has 0 unspecified atom stereocenters. The number of aromatic nitrogens is 1. The zero-order chi connectivity index (χ0) is 40.0. The van der Waals surface area contributed by atoms with Crippen molar-refractivity contribution in [3.05, 3.63) is 218 Å². The Labute approximate surface area is 354 Å². The molecule has 1 heteroatoms. The van der Waals surface area contributed by atoms with Crippen molar-refractivity contribution in [1.29, 1.82) is 0 Å². The van der Waals surface area contributed by atoms with Crippen molar-refractivity contribution >= 4 is 81.0 Å². The van der Waals surface area contributed by atoms with Gasteiger partial charge in [-0.2, -0.15) is 0 Å². The molecule has 0 fully saturated rings. The van der Waals surface area contributed by atoms with Gasteiger partial charge in [0.25, 0.3) is 0 Å². The quantitative estimate of drug-likeness (QED) is 0.121. The first-order valence-electron chi connectivity index (χ1n) is 21.5. The van der Waals surface area contributed by atoms with Gasteiger partial charge in [0.2, 0.25) is 0 Å². The lowest BCUT2D eigenvalue weighted by Crippen LogP contribution is -2.03. The molecule has 0 aliphatic heterocycles. The van der Waals surface area contributed by atoms with E-state index in [1.165, 1.54) is 120 Å². The Hall–Kier alpha value is -7.74. The highest BCUT2D eigenvalue weighted by atomic mass is 15.0. The number of benzene rings is 11. The normalized spacial score (nSPS) is 13.1. The van der Waals surface area contributed by atoms with Crippen LogP contribution in [-0.2, 0) is 0 Å². The molecular formula is C60H39N. The highest BCUT2D eigenvalue weighted by molar-refractivity contribution is 6.35. The van der Waals surface area contributed by atoms with Crippen LogP contribution in [0, 0.1) is 0 Å². The van der Waals surface area contributed by atoms with E-state index in [9.17, 15) is 0 Å². The highest BCUT2D eigenvalue weighted by Gasteiger charge is 2.23. The summed E-state index contributed by atoms with van der Waals surface area (Å²) in [5.41, 5.74) is 11.1.